The third-order valence-electron chi connectivity index (χ3n) is 6.61. The molecule has 5 rings (SSSR count). The zero-order valence-electron chi connectivity index (χ0n) is 18.8. The van der Waals surface area contributed by atoms with Gasteiger partial charge in [0.1, 0.15) is 5.75 Å². The quantitative estimate of drug-likeness (QED) is 0.581. The summed E-state index contributed by atoms with van der Waals surface area (Å²) in [5.41, 5.74) is 4.77. The van der Waals surface area contributed by atoms with Crippen LogP contribution in [0.5, 0.6) is 5.75 Å². The lowest BCUT2D eigenvalue weighted by Crippen LogP contribution is -2.42. The van der Waals surface area contributed by atoms with Crippen LogP contribution in [0.15, 0.2) is 72.8 Å². The van der Waals surface area contributed by atoms with Crippen molar-refractivity contribution in [3.8, 4) is 5.75 Å². The predicted molar refractivity (Wildman–Crippen MR) is 128 cm³/mol. The summed E-state index contributed by atoms with van der Waals surface area (Å²) in [5.74, 6) is 0.579. The summed E-state index contributed by atoms with van der Waals surface area (Å²) in [6, 6.07) is 23.3. The van der Waals surface area contributed by atoms with Crippen molar-refractivity contribution in [3.63, 3.8) is 0 Å². The molecule has 2 aliphatic rings. The monoisotopic (exact) mass is 440 g/mol. The molecule has 0 aromatic heterocycles. The number of hydrogen-bond acceptors (Lipinski definition) is 3. The fraction of sp³-hybridized carbons (Fsp3) is 0.286. The van der Waals surface area contributed by atoms with Crippen LogP contribution in [0.4, 0.5) is 5.69 Å². The Bertz CT molecular complexity index is 1170. The first-order valence-electron chi connectivity index (χ1n) is 11.7. The number of nitrogens with zero attached hydrogens (tertiary/aromatic N) is 1. The molecule has 0 bridgehead atoms. The fourth-order valence-electron chi connectivity index (χ4n) is 4.91. The minimum atomic E-state index is -0.509. The van der Waals surface area contributed by atoms with Crippen LogP contribution < -0.4 is 10.1 Å². The van der Waals surface area contributed by atoms with E-state index < -0.39 is 6.10 Å². The highest BCUT2D eigenvalue weighted by atomic mass is 16.5. The molecule has 1 aliphatic carbocycles. The lowest BCUT2D eigenvalue weighted by Gasteiger charge is -2.36. The largest absolute Gasteiger partial charge is 0.480 e. The first-order valence-corrected chi connectivity index (χ1v) is 11.7. The molecule has 2 amide bonds. The summed E-state index contributed by atoms with van der Waals surface area (Å²) < 4.78 is 6.17. The molecule has 3 aromatic carbocycles. The average molecular weight is 441 g/mol. The van der Waals surface area contributed by atoms with E-state index in [0.717, 1.165) is 24.8 Å². The van der Waals surface area contributed by atoms with Crippen LogP contribution in [-0.4, -0.2) is 22.8 Å². The van der Waals surface area contributed by atoms with Crippen molar-refractivity contribution in [1.29, 1.82) is 0 Å². The molecule has 1 N–H and O–H groups in total. The number of benzene rings is 3. The van der Waals surface area contributed by atoms with Crippen LogP contribution in [0.2, 0.25) is 0 Å². The topological polar surface area (TPSA) is 58.6 Å². The van der Waals surface area contributed by atoms with Gasteiger partial charge in [-0.25, -0.2) is 0 Å². The Kier molecular flexibility index (Phi) is 5.86. The zero-order chi connectivity index (χ0) is 22.8. The minimum Gasteiger partial charge on any atom is -0.480 e. The van der Waals surface area contributed by atoms with Crippen molar-refractivity contribution in [1.82, 2.24) is 4.90 Å². The standard InChI is InChI=1S/C28H28N2O3/c1-2-25-28(32)30(24-14-8-12-19-9-6-7-13-23(19)24)18-21-17-22(15-16-26(21)33-25)29-27(31)20-10-4-3-5-11-20/h3-7,9-11,13,15-17,24-25H,2,8,12,14,18H2,1H3,(H,29,31)/t24-,25-/m1/s1. The first kappa shape index (κ1) is 21.3. The van der Waals surface area contributed by atoms with Gasteiger partial charge in [0.25, 0.3) is 11.8 Å². The highest BCUT2D eigenvalue weighted by Gasteiger charge is 2.36. The third-order valence-corrected chi connectivity index (χ3v) is 6.61. The number of fused-ring (bicyclic) bond motifs is 2. The molecule has 0 unspecified atom stereocenters. The third kappa shape index (κ3) is 4.23. The Labute approximate surface area is 194 Å². The van der Waals surface area contributed by atoms with Crippen LogP contribution >= 0.6 is 0 Å². The number of carbonyl (C=O) groups excluding carboxylic acids is 2. The molecular weight excluding hydrogens is 412 g/mol. The SMILES string of the molecule is CC[C@H]1Oc2ccc(NC(=O)c3ccccc3)cc2CN([C@@H]2CCCc3ccccc32)C1=O. The van der Waals surface area contributed by atoms with E-state index in [1.54, 1.807) is 12.1 Å². The van der Waals surface area contributed by atoms with Crippen LogP contribution in [0, 0.1) is 0 Å². The molecule has 0 saturated carbocycles. The van der Waals surface area contributed by atoms with E-state index in [4.69, 9.17) is 4.74 Å². The molecule has 0 fully saturated rings. The highest BCUT2D eigenvalue weighted by molar-refractivity contribution is 6.04. The summed E-state index contributed by atoms with van der Waals surface area (Å²) in [7, 11) is 0. The van der Waals surface area contributed by atoms with Gasteiger partial charge >= 0.3 is 0 Å². The smallest absolute Gasteiger partial charge is 0.264 e. The number of aryl methyl sites for hydroxylation is 1. The van der Waals surface area contributed by atoms with Gasteiger partial charge in [-0.1, -0.05) is 49.4 Å². The minimum absolute atomic E-state index is 0.0327. The second kappa shape index (κ2) is 9.10. The maximum absolute atomic E-state index is 13.5. The van der Waals surface area contributed by atoms with Crippen molar-refractivity contribution in [2.45, 2.75) is 51.3 Å². The number of carbonyl (C=O) groups is 2. The molecule has 5 heteroatoms. The van der Waals surface area contributed by atoms with Crippen molar-refractivity contribution < 1.29 is 14.3 Å². The van der Waals surface area contributed by atoms with E-state index >= 15 is 0 Å². The van der Waals surface area contributed by atoms with Crippen molar-refractivity contribution >= 4 is 17.5 Å². The number of hydrogen-bond donors (Lipinski definition) is 1. The number of nitrogens with one attached hydrogen (secondary N) is 1. The second-order valence-electron chi connectivity index (χ2n) is 8.73. The normalized spacial score (nSPS) is 19.7. The molecule has 1 aliphatic heterocycles. The lowest BCUT2D eigenvalue weighted by atomic mass is 9.86. The molecule has 168 valence electrons. The van der Waals surface area contributed by atoms with Gasteiger partial charge in [-0.3, -0.25) is 9.59 Å². The molecular formula is C28H28N2O3. The summed E-state index contributed by atoms with van der Waals surface area (Å²) in [4.78, 5) is 28.2. The Balaban J connectivity index is 1.47. The van der Waals surface area contributed by atoms with Crippen LogP contribution in [0.1, 0.15) is 59.3 Å². The maximum Gasteiger partial charge on any atom is 0.264 e. The van der Waals surface area contributed by atoms with Gasteiger partial charge in [-0.15, -0.1) is 0 Å². The molecule has 1 heterocycles. The first-order chi connectivity index (χ1) is 16.1. The van der Waals surface area contributed by atoms with Gasteiger partial charge in [-0.05, 0) is 67.1 Å². The van der Waals surface area contributed by atoms with E-state index in [1.807, 2.05) is 48.2 Å². The van der Waals surface area contributed by atoms with Gasteiger partial charge in [0.15, 0.2) is 6.10 Å². The van der Waals surface area contributed by atoms with Gasteiger partial charge in [0.05, 0.1) is 12.6 Å². The van der Waals surface area contributed by atoms with Gasteiger partial charge < -0.3 is 15.0 Å². The molecule has 0 spiro atoms. The predicted octanol–water partition coefficient (Wildman–Crippen LogP) is 5.52. The number of ether oxygens (including phenoxy) is 1. The highest BCUT2D eigenvalue weighted by Crippen LogP contribution is 2.39. The van der Waals surface area contributed by atoms with E-state index in [1.165, 1.54) is 11.1 Å². The van der Waals surface area contributed by atoms with Crippen LogP contribution in [-0.2, 0) is 17.8 Å². The van der Waals surface area contributed by atoms with Crippen LogP contribution in [0.25, 0.3) is 0 Å². The van der Waals surface area contributed by atoms with E-state index in [9.17, 15) is 9.59 Å². The summed E-state index contributed by atoms with van der Waals surface area (Å²) in [6.45, 7) is 2.44. The lowest BCUT2D eigenvalue weighted by molar-refractivity contribution is -0.141. The Morgan fingerprint density at radius 1 is 1.03 bits per heavy atom. The van der Waals surface area contributed by atoms with Gasteiger partial charge in [0.2, 0.25) is 0 Å². The number of anilines is 1. The molecule has 0 radical (unpaired) electrons. The maximum atomic E-state index is 13.5. The Hall–Kier alpha value is -3.60. The molecule has 3 aromatic rings. The Morgan fingerprint density at radius 2 is 1.82 bits per heavy atom. The van der Waals surface area contributed by atoms with Crippen molar-refractivity contribution in [2.24, 2.45) is 0 Å². The van der Waals surface area contributed by atoms with Gasteiger partial charge in [-0.2, -0.15) is 0 Å². The van der Waals surface area contributed by atoms with Crippen molar-refractivity contribution in [3.05, 3.63) is 95.1 Å². The molecule has 2 atom stereocenters. The van der Waals surface area contributed by atoms with Gasteiger partial charge in [0, 0.05) is 16.8 Å². The molecule has 0 saturated heterocycles. The molecule has 5 nitrogen and oxygen atoms in total. The van der Waals surface area contributed by atoms with Crippen LogP contribution in [0.3, 0.4) is 0 Å². The zero-order valence-corrected chi connectivity index (χ0v) is 18.8. The molecule has 33 heavy (non-hydrogen) atoms. The second-order valence-corrected chi connectivity index (χ2v) is 8.73. The van der Waals surface area contributed by atoms with E-state index in [-0.39, 0.29) is 17.9 Å². The average Bonchev–Trinajstić information content (AvgIpc) is 3.00. The van der Waals surface area contributed by atoms with E-state index in [2.05, 4.69) is 29.6 Å². The van der Waals surface area contributed by atoms with E-state index in [0.29, 0.717) is 30.0 Å². The van der Waals surface area contributed by atoms with Crippen molar-refractivity contribution in [2.75, 3.05) is 5.32 Å². The summed E-state index contributed by atoms with van der Waals surface area (Å²) in [5, 5.41) is 2.98. The fourth-order valence-corrected chi connectivity index (χ4v) is 4.91. The number of amides is 2. The summed E-state index contributed by atoms with van der Waals surface area (Å²) >= 11 is 0. The summed E-state index contributed by atoms with van der Waals surface area (Å²) in [6.07, 6.45) is 3.15. The number of rotatable bonds is 4. The Morgan fingerprint density at radius 3 is 2.64 bits per heavy atom.